The maximum Gasteiger partial charge on any atom is 0.303 e. The maximum atomic E-state index is 10.7. The van der Waals surface area contributed by atoms with Crippen LogP contribution in [0.3, 0.4) is 0 Å². The van der Waals surface area contributed by atoms with E-state index in [0.717, 1.165) is 17.4 Å². The Morgan fingerprint density at radius 1 is 1.47 bits per heavy atom. The number of aliphatic carboxylic acids is 1. The van der Waals surface area contributed by atoms with Crippen LogP contribution in [0, 0.1) is 6.92 Å². The molecule has 3 nitrogen and oxygen atoms in total. The molecule has 0 spiro atoms. The molecule has 0 heterocycles. The molecule has 15 heavy (non-hydrogen) atoms. The Labute approximate surface area is 88.7 Å². The first-order valence-corrected chi connectivity index (χ1v) is 4.90. The Bertz CT molecular complexity index is 369. The number of carboxylic acids is 1. The summed E-state index contributed by atoms with van der Waals surface area (Å²) < 4.78 is 0. The molecule has 0 fully saturated rings. The first-order valence-electron chi connectivity index (χ1n) is 4.90. The molecule has 0 saturated carbocycles. The van der Waals surface area contributed by atoms with Crippen molar-refractivity contribution in [2.24, 2.45) is 0 Å². The first kappa shape index (κ1) is 11.4. The minimum Gasteiger partial charge on any atom is -0.481 e. The number of aldehydes is 1. The summed E-state index contributed by atoms with van der Waals surface area (Å²) in [6.45, 7) is 1.95. The fourth-order valence-corrected chi connectivity index (χ4v) is 1.50. The number of hydrogen-bond donors (Lipinski definition) is 1. The molecule has 80 valence electrons. The quantitative estimate of drug-likeness (QED) is 0.751. The van der Waals surface area contributed by atoms with Crippen LogP contribution in [-0.4, -0.2) is 17.4 Å². The minimum atomic E-state index is -0.796. The van der Waals surface area contributed by atoms with Gasteiger partial charge in [-0.1, -0.05) is 23.8 Å². The fourth-order valence-electron chi connectivity index (χ4n) is 1.50. The lowest BCUT2D eigenvalue weighted by Crippen LogP contribution is -1.98. The van der Waals surface area contributed by atoms with Gasteiger partial charge in [0.2, 0.25) is 0 Å². The highest BCUT2D eigenvalue weighted by Gasteiger charge is 2.03. The zero-order valence-electron chi connectivity index (χ0n) is 8.69. The van der Waals surface area contributed by atoms with E-state index in [2.05, 4.69) is 0 Å². The molecule has 1 aromatic carbocycles. The topological polar surface area (TPSA) is 54.4 Å². The van der Waals surface area contributed by atoms with E-state index < -0.39 is 5.97 Å². The molecule has 0 atom stereocenters. The highest BCUT2D eigenvalue weighted by Crippen LogP contribution is 2.12. The Balaban J connectivity index is 2.69. The molecule has 0 amide bonds. The highest BCUT2D eigenvalue weighted by atomic mass is 16.4. The number of hydrogen-bond acceptors (Lipinski definition) is 2. The number of aryl methyl sites for hydroxylation is 2. The van der Waals surface area contributed by atoms with Crippen LogP contribution in [0.25, 0.3) is 0 Å². The third-order valence-corrected chi connectivity index (χ3v) is 2.26. The van der Waals surface area contributed by atoms with Crippen LogP contribution in [0.2, 0.25) is 0 Å². The van der Waals surface area contributed by atoms with Gasteiger partial charge in [0.05, 0.1) is 0 Å². The van der Waals surface area contributed by atoms with Gasteiger partial charge in [0.1, 0.15) is 6.29 Å². The van der Waals surface area contributed by atoms with E-state index in [1.54, 1.807) is 6.07 Å². The summed E-state index contributed by atoms with van der Waals surface area (Å²) in [6.07, 6.45) is 2.17. The zero-order valence-corrected chi connectivity index (χ0v) is 8.69. The van der Waals surface area contributed by atoms with Gasteiger partial charge in [-0.3, -0.25) is 9.59 Å². The molecule has 0 radical (unpaired) electrons. The summed E-state index contributed by atoms with van der Waals surface area (Å²) >= 11 is 0. The molecule has 0 saturated heterocycles. The van der Waals surface area contributed by atoms with Gasteiger partial charge in [0, 0.05) is 12.0 Å². The van der Waals surface area contributed by atoms with Crippen molar-refractivity contribution in [3.63, 3.8) is 0 Å². The van der Waals surface area contributed by atoms with E-state index in [1.165, 1.54) is 0 Å². The average molecular weight is 206 g/mol. The fraction of sp³-hybridized carbons (Fsp3) is 0.333. The smallest absolute Gasteiger partial charge is 0.303 e. The van der Waals surface area contributed by atoms with Crippen LogP contribution in [-0.2, 0) is 11.2 Å². The molecule has 1 aromatic rings. The second kappa shape index (κ2) is 5.29. The predicted octanol–water partition coefficient (Wildman–Crippen LogP) is 2.21. The molecule has 0 aliphatic carbocycles. The summed E-state index contributed by atoms with van der Waals surface area (Å²) in [5.74, 6) is -0.796. The summed E-state index contributed by atoms with van der Waals surface area (Å²) in [5, 5.41) is 8.50. The van der Waals surface area contributed by atoms with E-state index in [1.807, 2.05) is 19.1 Å². The second-order valence-electron chi connectivity index (χ2n) is 3.57. The third-order valence-electron chi connectivity index (χ3n) is 2.26. The van der Waals surface area contributed by atoms with E-state index in [0.29, 0.717) is 18.4 Å². The largest absolute Gasteiger partial charge is 0.481 e. The molecular formula is C12H14O3. The lowest BCUT2D eigenvalue weighted by atomic mass is 10.0. The Hall–Kier alpha value is -1.64. The number of rotatable bonds is 5. The SMILES string of the molecule is Cc1ccc(C=O)c(CCCC(=O)O)c1. The van der Waals surface area contributed by atoms with Gasteiger partial charge in [-0.05, 0) is 25.3 Å². The minimum absolute atomic E-state index is 0.145. The van der Waals surface area contributed by atoms with Crippen LogP contribution >= 0.6 is 0 Å². The summed E-state index contributed by atoms with van der Waals surface area (Å²) in [7, 11) is 0. The van der Waals surface area contributed by atoms with Gasteiger partial charge in [-0.2, -0.15) is 0 Å². The highest BCUT2D eigenvalue weighted by molar-refractivity contribution is 5.77. The van der Waals surface area contributed by atoms with Gasteiger partial charge >= 0.3 is 5.97 Å². The van der Waals surface area contributed by atoms with Gasteiger partial charge in [0.15, 0.2) is 0 Å². The van der Waals surface area contributed by atoms with E-state index >= 15 is 0 Å². The maximum absolute atomic E-state index is 10.7. The van der Waals surface area contributed by atoms with Gasteiger partial charge in [0.25, 0.3) is 0 Å². The molecule has 0 bridgehead atoms. The molecule has 0 aliphatic rings. The van der Waals surface area contributed by atoms with Crippen LogP contribution in [0.4, 0.5) is 0 Å². The Kier molecular flexibility index (Phi) is 4.03. The van der Waals surface area contributed by atoms with Gasteiger partial charge in [-0.25, -0.2) is 0 Å². The van der Waals surface area contributed by atoms with E-state index in [-0.39, 0.29) is 6.42 Å². The molecule has 0 unspecified atom stereocenters. The van der Waals surface area contributed by atoms with Crippen molar-refractivity contribution in [2.45, 2.75) is 26.2 Å². The van der Waals surface area contributed by atoms with Crippen molar-refractivity contribution in [3.8, 4) is 0 Å². The number of carboxylic acid groups (broad SMARTS) is 1. The molecule has 1 rings (SSSR count). The van der Waals surface area contributed by atoms with E-state index in [4.69, 9.17) is 5.11 Å². The van der Waals surface area contributed by atoms with Crippen molar-refractivity contribution >= 4 is 12.3 Å². The lowest BCUT2D eigenvalue weighted by Gasteiger charge is -2.04. The normalized spacial score (nSPS) is 9.93. The number of benzene rings is 1. The molecule has 3 heteroatoms. The number of carbonyl (C=O) groups is 2. The summed E-state index contributed by atoms with van der Waals surface area (Å²) in [5.41, 5.74) is 2.68. The molecule has 1 N–H and O–H groups in total. The van der Waals surface area contributed by atoms with Crippen LogP contribution in [0.15, 0.2) is 18.2 Å². The van der Waals surface area contributed by atoms with Crippen molar-refractivity contribution in [2.75, 3.05) is 0 Å². The summed E-state index contributed by atoms with van der Waals surface area (Å²) in [6, 6.07) is 5.59. The van der Waals surface area contributed by atoms with Crippen molar-refractivity contribution < 1.29 is 14.7 Å². The zero-order chi connectivity index (χ0) is 11.3. The van der Waals surface area contributed by atoms with Crippen LogP contribution in [0.1, 0.15) is 34.3 Å². The molecule has 0 aliphatic heterocycles. The van der Waals surface area contributed by atoms with Crippen LogP contribution < -0.4 is 0 Å². The molecular weight excluding hydrogens is 192 g/mol. The third kappa shape index (κ3) is 3.54. The summed E-state index contributed by atoms with van der Waals surface area (Å²) in [4.78, 5) is 21.1. The van der Waals surface area contributed by atoms with Crippen molar-refractivity contribution in [1.29, 1.82) is 0 Å². The monoisotopic (exact) mass is 206 g/mol. The van der Waals surface area contributed by atoms with Gasteiger partial charge < -0.3 is 5.11 Å². The van der Waals surface area contributed by atoms with Crippen molar-refractivity contribution in [3.05, 3.63) is 34.9 Å². The standard InChI is InChI=1S/C12H14O3/c1-9-5-6-11(8-13)10(7-9)3-2-4-12(14)15/h5-8H,2-4H2,1H3,(H,14,15). The first-order chi connectivity index (χ1) is 7.13. The Morgan fingerprint density at radius 3 is 2.80 bits per heavy atom. The average Bonchev–Trinajstić information content (AvgIpc) is 2.17. The predicted molar refractivity (Wildman–Crippen MR) is 57.1 cm³/mol. The van der Waals surface area contributed by atoms with Crippen molar-refractivity contribution in [1.82, 2.24) is 0 Å². The number of carbonyl (C=O) groups excluding carboxylic acids is 1. The lowest BCUT2D eigenvalue weighted by molar-refractivity contribution is -0.137. The van der Waals surface area contributed by atoms with Gasteiger partial charge in [-0.15, -0.1) is 0 Å². The van der Waals surface area contributed by atoms with E-state index in [9.17, 15) is 9.59 Å². The second-order valence-corrected chi connectivity index (χ2v) is 3.57. The Morgan fingerprint density at radius 2 is 2.20 bits per heavy atom. The van der Waals surface area contributed by atoms with Crippen LogP contribution in [0.5, 0.6) is 0 Å². The molecule has 0 aromatic heterocycles.